The molecule has 1 N–H and O–H groups in total. The first-order chi connectivity index (χ1) is 6.58. The highest BCUT2D eigenvalue weighted by Crippen LogP contribution is 2.24. The lowest BCUT2D eigenvalue weighted by molar-refractivity contribution is 0.268. The third kappa shape index (κ3) is 4.67. The van der Waals surface area contributed by atoms with E-state index in [1.165, 1.54) is 19.6 Å². The lowest BCUT2D eigenvalue weighted by Crippen LogP contribution is -2.44. The SMILES string of the molecule is CC(C)NCCN1CC(C)SC(C)C1. The average Bonchev–Trinajstić information content (AvgIpc) is 2.01. The van der Waals surface area contributed by atoms with E-state index in [2.05, 4.69) is 49.7 Å². The van der Waals surface area contributed by atoms with Crippen LogP contribution in [0.25, 0.3) is 0 Å². The van der Waals surface area contributed by atoms with Gasteiger partial charge in [-0.15, -0.1) is 0 Å². The second-order valence-electron chi connectivity index (χ2n) is 4.63. The summed E-state index contributed by atoms with van der Waals surface area (Å²) >= 11 is 2.12. The molecule has 1 saturated heterocycles. The molecule has 84 valence electrons. The van der Waals surface area contributed by atoms with Gasteiger partial charge in [-0.1, -0.05) is 27.7 Å². The third-order valence-electron chi connectivity index (χ3n) is 2.48. The van der Waals surface area contributed by atoms with Crippen molar-refractivity contribution in [3.63, 3.8) is 0 Å². The van der Waals surface area contributed by atoms with Gasteiger partial charge in [-0.2, -0.15) is 11.8 Å². The van der Waals surface area contributed by atoms with Gasteiger partial charge in [0.05, 0.1) is 0 Å². The highest BCUT2D eigenvalue weighted by atomic mass is 32.2. The predicted molar refractivity (Wildman–Crippen MR) is 66.1 cm³/mol. The number of nitrogens with one attached hydrogen (secondary N) is 1. The van der Waals surface area contributed by atoms with Crippen molar-refractivity contribution in [2.24, 2.45) is 0 Å². The van der Waals surface area contributed by atoms with Crippen LogP contribution in [0.15, 0.2) is 0 Å². The predicted octanol–water partition coefficient (Wildman–Crippen LogP) is 1.81. The lowest BCUT2D eigenvalue weighted by atomic mass is 10.3. The van der Waals surface area contributed by atoms with Crippen LogP contribution in [-0.4, -0.2) is 47.6 Å². The first-order valence-corrected chi connectivity index (χ1v) is 6.63. The van der Waals surface area contributed by atoms with Crippen molar-refractivity contribution in [2.45, 2.75) is 44.2 Å². The Kier molecular flexibility index (Phi) is 5.28. The molecular formula is C11H24N2S. The molecule has 1 aliphatic heterocycles. The van der Waals surface area contributed by atoms with E-state index in [1.807, 2.05) is 0 Å². The molecule has 0 aromatic rings. The normalized spacial score (nSPS) is 29.8. The number of nitrogens with zero attached hydrogens (tertiary/aromatic N) is 1. The molecule has 0 amide bonds. The molecule has 0 radical (unpaired) electrons. The van der Waals surface area contributed by atoms with Crippen LogP contribution in [0.1, 0.15) is 27.7 Å². The van der Waals surface area contributed by atoms with Crippen molar-refractivity contribution < 1.29 is 0 Å². The first kappa shape index (κ1) is 12.3. The summed E-state index contributed by atoms with van der Waals surface area (Å²) in [6.45, 7) is 13.9. The van der Waals surface area contributed by atoms with Crippen molar-refractivity contribution in [3.8, 4) is 0 Å². The molecule has 0 saturated carbocycles. The van der Waals surface area contributed by atoms with Crippen LogP contribution in [0.4, 0.5) is 0 Å². The number of hydrogen-bond acceptors (Lipinski definition) is 3. The minimum Gasteiger partial charge on any atom is -0.313 e. The van der Waals surface area contributed by atoms with Crippen molar-refractivity contribution in [3.05, 3.63) is 0 Å². The molecule has 0 bridgehead atoms. The van der Waals surface area contributed by atoms with Gasteiger partial charge >= 0.3 is 0 Å². The highest BCUT2D eigenvalue weighted by Gasteiger charge is 2.21. The largest absolute Gasteiger partial charge is 0.313 e. The minimum absolute atomic E-state index is 0.615. The Bertz CT molecular complexity index is 151. The van der Waals surface area contributed by atoms with Gasteiger partial charge in [-0.25, -0.2) is 0 Å². The van der Waals surface area contributed by atoms with Gasteiger partial charge in [0.1, 0.15) is 0 Å². The van der Waals surface area contributed by atoms with Gasteiger partial charge in [-0.05, 0) is 0 Å². The lowest BCUT2D eigenvalue weighted by Gasteiger charge is -2.34. The molecule has 1 aliphatic rings. The van der Waals surface area contributed by atoms with E-state index in [1.54, 1.807) is 0 Å². The monoisotopic (exact) mass is 216 g/mol. The molecule has 14 heavy (non-hydrogen) atoms. The van der Waals surface area contributed by atoms with Crippen molar-refractivity contribution in [1.82, 2.24) is 10.2 Å². The molecule has 1 rings (SSSR count). The summed E-state index contributed by atoms with van der Waals surface area (Å²) in [5, 5.41) is 5.08. The van der Waals surface area contributed by atoms with E-state index >= 15 is 0 Å². The van der Waals surface area contributed by atoms with E-state index in [4.69, 9.17) is 0 Å². The molecule has 1 heterocycles. The van der Waals surface area contributed by atoms with E-state index in [0.29, 0.717) is 6.04 Å². The minimum atomic E-state index is 0.615. The van der Waals surface area contributed by atoms with Gasteiger partial charge < -0.3 is 5.32 Å². The topological polar surface area (TPSA) is 15.3 Å². The van der Waals surface area contributed by atoms with Crippen LogP contribution in [0.3, 0.4) is 0 Å². The molecule has 2 atom stereocenters. The maximum absolute atomic E-state index is 3.47. The van der Waals surface area contributed by atoms with Gasteiger partial charge in [0.15, 0.2) is 0 Å². The Hall–Kier alpha value is 0.270. The van der Waals surface area contributed by atoms with Gasteiger partial charge in [0.2, 0.25) is 0 Å². The second-order valence-corrected chi connectivity index (χ2v) is 6.51. The standard InChI is InChI=1S/C11H24N2S/c1-9(2)12-5-6-13-7-10(3)14-11(4)8-13/h9-12H,5-8H2,1-4H3. The molecule has 0 aliphatic carbocycles. The Morgan fingerprint density at radius 1 is 1.29 bits per heavy atom. The molecule has 2 nitrogen and oxygen atoms in total. The summed E-state index contributed by atoms with van der Waals surface area (Å²) in [5.41, 5.74) is 0. The Morgan fingerprint density at radius 2 is 1.86 bits per heavy atom. The number of thioether (sulfide) groups is 1. The van der Waals surface area contributed by atoms with Crippen molar-refractivity contribution >= 4 is 11.8 Å². The van der Waals surface area contributed by atoms with Crippen LogP contribution >= 0.6 is 11.8 Å². The summed E-state index contributed by atoms with van der Waals surface area (Å²) in [4.78, 5) is 2.58. The Balaban J connectivity index is 2.17. The Labute approximate surface area is 92.8 Å². The van der Waals surface area contributed by atoms with Crippen LogP contribution in [-0.2, 0) is 0 Å². The third-order valence-corrected chi connectivity index (χ3v) is 3.70. The van der Waals surface area contributed by atoms with E-state index in [0.717, 1.165) is 17.0 Å². The van der Waals surface area contributed by atoms with Crippen LogP contribution in [0, 0.1) is 0 Å². The summed E-state index contributed by atoms with van der Waals surface area (Å²) in [5.74, 6) is 0. The summed E-state index contributed by atoms with van der Waals surface area (Å²) in [6.07, 6.45) is 0. The second kappa shape index (κ2) is 5.99. The molecule has 3 heteroatoms. The van der Waals surface area contributed by atoms with E-state index < -0.39 is 0 Å². The zero-order valence-corrected chi connectivity index (χ0v) is 10.7. The maximum atomic E-state index is 3.47. The zero-order valence-electron chi connectivity index (χ0n) is 9.92. The fraction of sp³-hybridized carbons (Fsp3) is 1.00. The summed E-state index contributed by atoms with van der Waals surface area (Å²) in [6, 6.07) is 0.615. The fourth-order valence-electron chi connectivity index (χ4n) is 1.98. The van der Waals surface area contributed by atoms with Crippen LogP contribution < -0.4 is 5.32 Å². The molecule has 0 aromatic carbocycles. The molecule has 1 fully saturated rings. The maximum Gasteiger partial charge on any atom is 0.0149 e. The summed E-state index contributed by atoms with van der Waals surface area (Å²) in [7, 11) is 0. The molecule has 0 spiro atoms. The number of rotatable bonds is 4. The van der Waals surface area contributed by atoms with Crippen LogP contribution in [0.5, 0.6) is 0 Å². The van der Waals surface area contributed by atoms with Crippen LogP contribution in [0.2, 0.25) is 0 Å². The molecular weight excluding hydrogens is 192 g/mol. The molecule has 2 unspecified atom stereocenters. The van der Waals surface area contributed by atoms with Gasteiger partial charge in [0.25, 0.3) is 0 Å². The van der Waals surface area contributed by atoms with Crippen molar-refractivity contribution in [1.29, 1.82) is 0 Å². The quantitative estimate of drug-likeness (QED) is 0.771. The highest BCUT2D eigenvalue weighted by molar-refractivity contribution is 8.00. The first-order valence-electron chi connectivity index (χ1n) is 5.69. The fourth-order valence-corrected chi connectivity index (χ4v) is 3.37. The van der Waals surface area contributed by atoms with Gasteiger partial charge in [-0.3, -0.25) is 4.90 Å². The van der Waals surface area contributed by atoms with Crippen molar-refractivity contribution in [2.75, 3.05) is 26.2 Å². The number of hydrogen-bond donors (Lipinski definition) is 1. The Morgan fingerprint density at radius 3 is 2.36 bits per heavy atom. The summed E-state index contributed by atoms with van der Waals surface area (Å²) < 4.78 is 0. The van der Waals surface area contributed by atoms with Gasteiger partial charge in [0, 0.05) is 42.7 Å². The smallest absolute Gasteiger partial charge is 0.0149 e. The molecule has 0 aromatic heterocycles. The van der Waals surface area contributed by atoms with E-state index in [9.17, 15) is 0 Å². The van der Waals surface area contributed by atoms with E-state index in [-0.39, 0.29) is 0 Å². The average molecular weight is 216 g/mol. The zero-order chi connectivity index (χ0) is 10.6.